The molecule has 12 heavy (non-hydrogen) atoms. The SMILES string of the molecule is O=S(O)C1(O)CCCCCCC1. The van der Waals surface area contributed by atoms with Crippen molar-refractivity contribution in [2.45, 2.75) is 49.9 Å². The largest absolute Gasteiger partial charge is 0.374 e. The van der Waals surface area contributed by atoms with Crippen molar-refractivity contribution in [3.05, 3.63) is 0 Å². The number of hydrogen-bond acceptors (Lipinski definition) is 2. The molecule has 1 rings (SSSR count). The average molecular weight is 192 g/mol. The van der Waals surface area contributed by atoms with Gasteiger partial charge in [-0.1, -0.05) is 19.3 Å². The highest BCUT2D eigenvalue weighted by Crippen LogP contribution is 2.28. The normalized spacial score (nSPS) is 27.2. The van der Waals surface area contributed by atoms with Crippen LogP contribution in [0.25, 0.3) is 0 Å². The molecule has 0 saturated heterocycles. The van der Waals surface area contributed by atoms with E-state index in [4.69, 9.17) is 4.55 Å². The van der Waals surface area contributed by atoms with Crippen molar-refractivity contribution in [3.63, 3.8) is 0 Å². The van der Waals surface area contributed by atoms with Gasteiger partial charge in [0.25, 0.3) is 0 Å². The summed E-state index contributed by atoms with van der Waals surface area (Å²) in [6, 6.07) is 0. The van der Waals surface area contributed by atoms with Gasteiger partial charge in [-0.05, 0) is 25.7 Å². The summed E-state index contributed by atoms with van der Waals surface area (Å²) in [7, 11) is 0. The summed E-state index contributed by atoms with van der Waals surface area (Å²) in [5.41, 5.74) is 0. The van der Waals surface area contributed by atoms with Gasteiger partial charge in [-0.15, -0.1) is 0 Å². The predicted molar refractivity (Wildman–Crippen MR) is 48.0 cm³/mol. The molecule has 1 fully saturated rings. The van der Waals surface area contributed by atoms with Crippen LogP contribution in [0, 0.1) is 0 Å². The van der Waals surface area contributed by atoms with Crippen molar-refractivity contribution in [1.82, 2.24) is 0 Å². The molecule has 0 spiro atoms. The van der Waals surface area contributed by atoms with Gasteiger partial charge < -0.3 is 9.66 Å². The minimum Gasteiger partial charge on any atom is -0.374 e. The minimum atomic E-state index is -2.08. The van der Waals surface area contributed by atoms with Gasteiger partial charge in [0.05, 0.1) is 0 Å². The lowest BCUT2D eigenvalue weighted by Crippen LogP contribution is -2.34. The van der Waals surface area contributed by atoms with Crippen LogP contribution < -0.4 is 0 Å². The van der Waals surface area contributed by atoms with Crippen LogP contribution in [0.15, 0.2) is 0 Å². The first kappa shape index (κ1) is 10.2. The second kappa shape index (κ2) is 4.35. The molecule has 0 bridgehead atoms. The number of aliphatic hydroxyl groups is 1. The summed E-state index contributed by atoms with van der Waals surface area (Å²) in [5, 5.41) is 9.70. The molecule has 0 radical (unpaired) electrons. The van der Waals surface area contributed by atoms with Crippen LogP contribution in [0.3, 0.4) is 0 Å². The second-order valence-corrected chi connectivity index (χ2v) is 4.72. The Kier molecular flexibility index (Phi) is 3.68. The Bertz CT molecular complexity index is 162. The van der Waals surface area contributed by atoms with Crippen LogP contribution >= 0.6 is 0 Å². The van der Waals surface area contributed by atoms with Crippen LogP contribution in [0.2, 0.25) is 0 Å². The van der Waals surface area contributed by atoms with Gasteiger partial charge in [0, 0.05) is 0 Å². The third-order valence-corrected chi connectivity index (χ3v) is 3.52. The molecule has 0 aromatic rings. The van der Waals surface area contributed by atoms with Crippen molar-refractivity contribution in [2.24, 2.45) is 0 Å². The van der Waals surface area contributed by atoms with Gasteiger partial charge in [-0.2, -0.15) is 0 Å². The van der Waals surface area contributed by atoms with E-state index < -0.39 is 16.0 Å². The highest BCUT2D eigenvalue weighted by atomic mass is 32.2. The zero-order valence-corrected chi connectivity index (χ0v) is 7.98. The standard InChI is InChI=1S/C8H16O3S/c9-8(12(10)11)6-4-2-1-3-5-7-8/h9H,1-7H2,(H,10,11). The zero-order chi connectivity index (χ0) is 9.03. The molecule has 72 valence electrons. The summed E-state index contributed by atoms with van der Waals surface area (Å²) >= 11 is -2.08. The zero-order valence-electron chi connectivity index (χ0n) is 7.16. The van der Waals surface area contributed by atoms with Gasteiger partial charge in [0.15, 0.2) is 16.0 Å². The van der Waals surface area contributed by atoms with Gasteiger partial charge in [-0.25, -0.2) is 4.21 Å². The molecule has 1 atom stereocenters. The van der Waals surface area contributed by atoms with Gasteiger partial charge in [0.1, 0.15) is 0 Å². The third kappa shape index (κ3) is 2.54. The lowest BCUT2D eigenvalue weighted by atomic mass is 9.98. The van der Waals surface area contributed by atoms with Gasteiger partial charge >= 0.3 is 0 Å². The molecule has 0 heterocycles. The van der Waals surface area contributed by atoms with Crippen molar-refractivity contribution in [1.29, 1.82) is 0 Å². The van der Waals surface area contributed by atoms with E-state index in [9.17, 15) is 9.32 Å². The molecular weight excluding hydrogens is 176 g/mol. The van der Waals surface area contributed by atoms with E-state index >= 15 is 0 Å². The molecule has 1 unspecified atom stereocenters. The maximum atomic E-state index is 10.8. The first-order valence-corrected chi connectivity index (χ1v) is 5.59. The van der Waals surface area contributed by atoms with E-state index in [0.717, 1.165) is 25.7 Å². The van der Waals surface area contributed by atoms with E-state index in [1.54, 1.807) is 0 Å². The highest BCUT2D eigenvalue weighted by molar-refractivity contribution is 7.80. The van der Waals surface area contributed by atoms with E-state index in [-0.39, 0.29) is 0 Å². The predicted octanol–water partition coefficient (Wildman–Crippen LogP) is 1.64. The molecule has 1 aliphatic carbocycles. The summed E-state index contributed by atoms with van der Waals surface area (Å²) in [5.74, 6) is 0. The monoisotopic (exact) mass is 192 g/mol. The van der Waals surface area contributed by atoms with Crippen LogP contribution in [-0.2, 0) is 11.1 Å². The smallest absolute Gasteiger partial charge is 0.185 e. The van der Waals surface area contributed by atoms with Crippen molar-refractivity contribution >= 4 is 11.1 Å². The molecule has 0 amide bonds. The molecule has 3 nitrogen and oxygen atoms in total. The second-order valence-electron chi connectivity index (χ2n) is 3.46. The first-order valence-electron chi connectivity index (χ1n) is 4.48. The van der Waals surface area contributed by atoms with Gasteiger partial charge in [-0.3, -0.25) is 0 Å². The van der Waals surface area contributed by atoms with E-state index in [2.05, 4.69) is 0 Å². The summed E-state index contributed by atoms with van der Waals surface area (Å²) in [6.07, 6.45) is 5.99. The van der Waals surface area contributed by atoms with Crippen molar-refractivity contribution in [3.8, 4) is 0 Å². The molecule has 2 N–H and O–H groups in total. The maximum Gasteiger partial charge on any atom is 0.185 e. The Labute approximate surface area is 75.5 Å². The molecule has 1 aliphatic rings. The lowest BCUT2D eigenvalue weighted by Gasteiger charge is -2.25. The fourth-order valence-corrected chi connectivity index (χ4v) is 2.27. The van der Waals surface area contributed by atoms with Gasteiger partial charge in [0.2, 0.25) is 0 Å². The van der Waals surface area contributed by atoms with Crippen molar-refractivity contribution < 1.29 is 13.9 Å². The van der Waals surface area contributed by atoms with Crippen LogP contribution in [0.5, 0.6) is 0 Å². The Morgan fingerprint density at radius 1 is 1.00 bits per heavy atom. The Balaban J connectivity index is 2.54. The number of hydrogen-bond donors (Lipinski definition) is 2. The molecule has 0 aromatic carbocycles. The van der Waals surface area contributed by atoms with Crippen LogP contribution in [-0.4, -0.2) is 18.8 Å². The quantitative estimate of drug-likeness (QED) is 0.621. The molecule has 0 aromatic heterocycles. The number of rotatable bonds is 1. The van der Waals surface area contributed by atoms with Crippen LogP contribution in [0.4, 0.5) is 0 Å². The third-order valence-electron chi connectivity index (χ3n) is 2.46. The summed E-state index contributed by atoms with van der Waals surface area (Å²) < 4.78 is 19.7. The molecular formula is C8H16O3S. The van der Waals surface area contributed by atoms with E-state index in [1.165, 1.54) is 6.42 Å². The van der Waals surface area contributed by atoms with E-state index in [1.807, 2.05) is 0 Å². The lowest BCUT2D eigenvalue weighted by molar-refractivity contribution is 0.0922. The summed E-state index contributed by atoms with van der Waals surface area (Å²) in [6.45, 7) is 0. The molecule has 4 heteroatoms. The molecule has 0 aliphatic heterocycles. The first-order chi connectivity index (χ1) is 5.65. The van der Waals surface area contributed by atoms with Crippen molar-refractivity contribution in [2.75, 3.05) is 0 Å². The fraction of sp³-hybridized carbons (Fsp3) is 1.00. The fourth-order valence-electron chi connectivity index (χ4n) is 1.63. The Morgan fingerprint density at radius 2 is 1.42 bits per heavy atom. The average Bonchev–Trinajstić information content (AvgIpc) is 1.97. The Hall–Kier alpha value is 0.0700. The maximum absolute atomic E-state index is 10.8. The van der Waals surface area contributed by atoms with E-state index in [0.29, 0.717) is 12.8 Å². The van der Waals surface area contributed by atoms with Crippen LogP contribution in [0.1, 0.15) is 44.9 Å². The molecule has 1 saturated carbocycles. The highest BCUT2D eigenvalue weighted by Gasteiger charge is 2.33. The Morgan fingerprint density at radius 3 is 1.83 bits per heavy atom. The topological polar surface area (TPSA) is 57.5 Å². The minimum absolute atomic E-state index is 0.468. The summed E-state index contributed by atoms with van der Waals surface area (Å²) in [4.78, 5) is -1.32.